The number of allylic oxidation sites excluding steroid dienone is 2. The molecule has 0 heterocycles. The molecule has 0 unspecified atom stereocenters. The van der Waals surface area contributed by atoms with Crippen molar-refractivity contribution in [3.63, 3.8) is 0 Å². The van der Waals surface area contributed by atoms with E-state index in [0.717, 1.165) is 22.4 Å². The zero-order valence-electron chi connectivity index (χ0n) is 11.9. The van der Waals surface area contributed by atoms with E-state index in [9.17, 15) is 0 Å². The second kappa shape index (κ2) is 5.67. The minimum atomic E-state index is 0.566. The zero-order valence-corrected chi connectivity index (χ0v) is 11.9. The van der Waals surface area contributed by atoms with E-state index in [1.807, 2.05) is 20.9 Å². The fourth-order valence-corrected chi connectivity index (χ4v) is 2.12. The van der Waals surface area contributed by atoms with Crippen LogP contribution in [0.5, 0.6) is 0 Å². The van der Waals surface area contributed by atoms with Crippen LogP contribution >= 0.6 is 0 Å². The standard InChI is InChI=1S/C16H22N2/c1-10-7-8-15(11(2)9-10)16(13(4)17)12(3)14(5)18-6/h7-9,17-18H,5H2,1-4,6H3/b16-12+,17-13?. The number of nitrogens with one attached hydrogen (secondary N) is 2. The van der Waals surface area contributed by atoms with Gasteiger partial charge in [-0.05, 0) is 44.4 Å². The summed E-state index contributed by atoms with van der Waals surface area (Å²) in [5.74, 6) is 0. The lowest BCUT2D eigenvalue weighted by molar-refractivity contribution is 1.01. The van der Waals surface area contributed by atoms with Gasteiger partial charge in [-0.2, -0.15) is 0 Å². The number of hydrogen-bond donors (Lipinski definition) is 2. The highest BCUT2D eigenvalue weighted by molar-refractivity contribution is 6.22. The molecule has 0 bridgehead atoms. The van der Waals surface area contributed by atoms with Crippen LogP contribution in [0.3, 0.4) is 0 Å². The summed E-state index contributed by atoms with van der Waals surface area (Å²) in [6.07, 6.45) is 0. The third-order valence-electron chi connectivity index (χ3n) is 3.16. The van der Waals surface area contributed by atoms with E-state index in [1.54, 1.807) is 0 Å². The van der Waals surface area contributed by atoms with E-state index in [2.05, 4.69) is 43.9 Å². The van der Waals surface area contributed by atoms with Gasteiger partial charge in [0.15, 0.2) is 0 Å². The third kappa shape index (κ3) is 2.89. The molecule has 0 saturated heterocycles. The Morgan fingerprint density at radius 3 is 2.28 bits per heavy atom. The lowest BCUT2D eigenvalue weighted by Gasteiger charge is -2.16. The van der Waals surface area contributed by atoms with Crippen LogP contribution in [0, 0.1) is 19.3 Å². The number of benzene rings is 1. The van der Waals surface area contributed by atoms with Crippen LogP contribution in [-0.2, 0) is 0 Å². The van der Waals surface area contributed by atoms with Gasteiger partial charge in [-0.1, -0.05) is 30.3 Å². The first kappa shape index (κ1) is 14.2. The average Bonchev–Trinajstić information content (AvgIpc) is 2.30. The quantitative estimate of drug-likeness (QED) is 0.610. The largest absolute Gasteiger partial charge is 0.388 e. The highest BCUT2D eigenvalue weighted by atomic mass is 14.8. The maximum atomic E-state index is 8.01. The van der Waals surface area contributed by atoms with Crippen LogP contribution in [-0.4, -0.2) is 12.8 Å². The summed E-state index contributed by atoms with van der Waals surface area (Å²) in [4.78, 5) is 0. The van der Waals surface area contributed by atoms with E-state index in [-0.39, 0.29) is 0 Å². The lowest BCUT2D eigenvalue weighted by atomic mass is 9.91. The van der Waals surface area contributed by atoms with Gasteiger partial charge in [0, 0.05) is 24.0 Å². The Bertz CT molecular complexity index is 522. The fraction of sp³-hybridized carbons (Fsp3) is 0.312. The number of aryl methyl sites for hydroxylation is 2. The normalized spacial score (nSPS) is 11.8. The molecule has 0 saturated carbocycles. The molecule has 0 spiro atoms. The molecule has 1 aromatic carbocycles. The minimum Gasteiger partial charge on any atom is -0.388 e. The summed E-state index contributed by atoms with van der Waals surface area (Å²) in [5, 5.41) is 11.1. The smallest absolute Gasteiger partial charge is 0.0364 e. The first-order valence-electron chi connectivity index (χ1n) is 6.09. The van der Waals surface area contributed by atoms with Gasteiger partial charge in [0.1, 0.15) is 0 Å². The minimum absolute atomic E-state index is 0.566. The highest BCUT2D eigenvalue weighted by Crippen LogP contribution is 2.26. The Labute approximate surface area is 110 Å². The van der Waals surface area contributed by atoms with Crippen LogP contribution in [0.1, 0.15) is 30.5 Å². The van der Waals surface area contributed by atoms with Crippen molar-refractivity contribution in [2.75, 3.05) is 7.05 Å². The summed E-state index contributed by atoms with van der Waals surface area (Å²) in [6, 6.07) is 6.32. The maximum Gasteiger partial charge on any atom is 0.0364 e. The highest BCUT2D eigenvalue weighted by Gasteiger charge is 2.12. The van der Waals surface area contributed by atoms with E-state index >= 15 is 0 Å². The maximum absolute atomic E-state index is 8.01. The van der Waals surface area contributed by atoms with Crippen molar-refractivity contribution in [2.24, 2.45) is 0 Å². The van der Waals surface area contributed by atoms with Crippen LogP contribution in [0.4, 0.5) is 0 Å². The molecule has 2 nitrogen and oxygen atoms in total. The van der Waals surface area contributed by atoms with Crippen molar-refractivity contribution in [1.82, 2.24) is 5.32 Å². The van der Waals surface area contributed by atoms with E-state index in [1.165, 1.54) is 11.1 Å². The van der Waals surface area contributed by atoms with E-state index in [4.69, 9.17) is 5.41 Å². The number of rotatable bonds is 4. The van der Waals surface area contributed by atoms with Gasteiger partial charge in [0.25, 0.3) is 0 Å². The molecule has 0 amide bonds. The molecule has 1 aromatic rings. The first-order chi connectivity index (χ1) is 8.38. The Morgan fingerprint density at radius 2 is 1.83 bits per heavy atom. The topological polar surface area (TPSA) is 35.9 Å². The Kier molecular flexibility index (Phi) is 4.49. The molecular formula is C16H22N2. The molecule has 18 heavy (non-hydrogen) atoms. The number of hydrogen-bond acceptors (Lipinski definition) is 2. The molecule has 96 valence electrons. The molecule has 0 aliphatic carbocycles. The Morgan fingerprint density at radius 1 is 1.22 bits per heavy atom. The molecule has 0 aliphatic rings. The van der Waals surface area contributed by atoms with Gasteiger partial charge < -0.3 is 10.7 Å². The van der Waals surface area contributed by atoms with Crippen molar-refractivity contribution in [1.29, 1.82) is 5.41 Å². The van der Waals surface area contributed by atoms with Crippen molar-refractivity contribution in [2.45, 2.75) is 27.7 Å². The zero-order chi connectivity index (χ0) is 13.9. The van der Waals surface area contributed by atoms with Crippen LogP contribution < -0.4 is 5.32 Å². The van der Waals surface area contributed by atoms with E-state index < -0.39 is 0 Å². The molecule has 0 aromatic heterocycles. The lowest BCUT2D eigenvalue weighted by Crippen LogP contribution is -2.10. The predicted molar refractivity (Wildman–Crippen MR) is 80.1 cm³/mol. The second-order valence-corrected chi connectivity index (χ2v) is 4.67. The van der Waals surface area contributed by atoms with Gasteiger partial charge in [-0.3, -0.25) is 0 Å². The molecule has 1 rings (SSSR count). The number of likely N-dealkylation sites (N-methyl/N-ethyl adjacent to an activating group) is 1. The summed E-state index contributed by atoms with van der Waals surface area (Å²) >= 11 is 0. The van der Waals surface area contributed by atoms with Crippen LogP contribution in [0.15, 0.2) is 36.0 Å². The molecule has 0 fully saturated rings. The molecule has 2 N–H and O–H groups in total. The first-order valence-corrected chi connectivity index (χ1v) is 6.09. The fourth-order valence-electron chi connectivity index (χ4n) is 2.12. The summed E-state index contributed by atoms with van der Waals surface area (Å²) in [6.45, 7) is 12.0. The Balaban J connectivity index is 3.47. The van der Waals surface area contributed by atoms with Gasteiger partial charge in [0.05, 0.1) is 0 Å². The molecule has 0 atom stereocenters. The molecule has 2 heteroatoms. The average molecular weight is 242 g/mol. The molecule has 0 aliphatic heterocycles. The Hall–Kier alpha value is -1.83. The summed E-state index contributed by atoms with van der Waals surface area (Å²) < 4.78 is 0. The SMILES string of the molecule is C=C(NC)/C(C)=C(\C(C)=N)c1ccc(C)cc1C. The monoisotopic (exact) mass is 242 g/mol. The van der Waals surface area contributed by atoms with Crippen molar-refractivity contribution in [3.8, 4) is 0 Å². The third-order valence-corrected chi connectivity index (χ3v) is 3.16. The molecular weight excluding hydrogens is 220 g/mol. The van der Waals surface area contributed by atoms with Crippen molar-refractivity contribution in [3.05, 3.63) is 52.7 Å². The predicted octanol–water partition coefficient (Wildman–Crippen LogP) is 3.85. The van der Waals surface area contributed by atoms with Crippen LogP contribution in [0.2, 0.25) is 0 Å². The van der Waals surface area contributed by atoms with Gasteiger partial charge in [0.2, 0.25) is 0 Å². The molecule has 0 radical (unpaired) electrons. The second-order valence-electron chi connectivity index (χ2n) is 4.67. The van der Waals surface area contributed by atoms with Gasteiger partial charge in [-0.25, -0.2) is 0 Å². The van der Waals surface area contributed by atoms with Gasteiger partial charge >= 0.3 is 0 Å². The van der Waals surface area contributed by atoms with E-state index in [0.29, 0.717) is 5.71 Å². The van der Waals surface area contributed by atoms with Gasteiger partial charge in [-0.15, -0.1) is 0 Å². The summed E-state index contributed by atoms with van der Waals surface area (Å²) in [7, 11) is 1.85. The van der Waals surface area contributed by atoms with Crippen molar-refractivity contribution >= 4 is 11.3 Å². The summed E-state index contributed by atoms with van der Waals surface area (Å²) in [5.41, 5.74) is 6.96. The van der Waals surface area contributed by atoms with Crippen LogP contribution in [0.25, 0.3) is 5.57 Å². The van der Waals surface area contributed by atoms with Crippen molar-refractivity contribution < 1.29 is 0 Å².